The van der Waals surface area contributed by atoms with Crippen molar-refractivity contribution in [3.05, 3.63) is 59.2 Å². The van der Waals surface area contributed by atoms with E-state index in [0.29, 0.717) is 19.4 Å². The van der Waals surface area contributed by atoms with Crippen LogP contribution >= 0.6 is 0 Å². The van der Waals surface area contributed by atoms with E-state index in [1.165, 1.54) is 12.1 Å². The highest BCUT2D eigenvalue weighted by molar-refractivity contribution is 5.87. The summed E-state index contributed by atoms with van der Waals surface area (Å²) in [5.74, 6) is 0.377. The fourth-order valence-corrected chi connectivity index (χ4v) is 2.38. The highest BCUT2D eigenvalue weighted by Gasteiger charge is 2.09. The zero-order valence-corrected chi connectivity index (χ0v) is 14.2. The number of carboxylic acids is 1. The molecular weight excluding hydrogens is 322 g/mol. The van der Waals surface area contributed by atoms with Crippen LogP contribution in [0.1, 0.15) is 27.9 Å². The minimum Gasteiger partial charge on any atom is -0.497 e. The third kappa shape index (κ3) is 5.24. The Morgan fingerprint density at radius 2 is 1.76 bits per heavy atom. The molecule has 2 N–H and O–H groups in total. The van der Waals surface area contributed by atoms with E-state index in [1.807, 2.05) is 18.2 Å². The van der Waals surface area contributed by atoms with E-state index < -0.39 is 5.97 Å². The van der Waals surface area contributed by atoms with Crippen LogP contribution in [-0.4, -0.2) is 31.2 Å². The first kappa shape index (κ1) is 18.3. The first-order valence-electron chi connectivity index (χ1n) is 7.83. The molecule has 2 rings (SSSR count). The second-order valence-electron chi connectivity index (χ2n) is 5.46. The summed E-state index contributed by atoms with van der Waals surface area (Å²) in [4.78, 5) is 22.8. The minimum atomic E-state index is -0.970. The molecule has 0 saturated heterocycles. The molecule has 132 valence electrons. The van der Waals surface area contributed by atoms with E-state index in [9.17, 15) is 9.59 Å². The van der Waals surface area contributed by atoms with Gasteiger partial charge in [0.2, 0.25) is 5.91 Å². The number of nitrogens with one attached hydrogen (secondary N) is 1. The van der Waals surface area contributed by atoms with E-state index in [1.54, 1.807) is 26.4 Å². The van der Waals surface area contributed by atoms with E-state index in [-0.39, 0.29) is 11.5 Å². The lowest BCUT2D eigenvalue weighted by Crippen LogP contribution is -2.23. The van der Waals surface area contributed by atoms with Crippen LogP contribution < -0.4 is 14.8 Å². The number of methoxy groups -OCH3 is 2. The summed E-state index contributed by atoms with van der Waals surface area (Å²) in [5, 5.41) is 11.7. The van der Waals surface area contributed by atoms with Crippen molar-refractivity contribution in [2.24, 2.45) is 0 Å². The Morgan fingerprint density at radius 3 is 2.36 bits per heavy atom. The summed E-state index contributed by atoms with van der Waals surface area (Å²) in [6.07, 6.45) is 0.848. The molecule has 6 nitrogen and oxygen atoms in total. The SMILES string of the molecule is COc1ccc(OC)c(CCC(=O)NCc2ccc(C(=O)O)cc2)c1. The number of aryl methyl sites for hydroxylation is 1. The number of carboxylic acid groups (broad SMARTS) is 1. The number of amides is 1. The molecule has 0 aromatic heterocycles. The Labute approximate surface area is 146 Å². The third-order valence-electron chi connectivity index (χ3n) is 3.80. The Bertz CT molecular complexity index is 740. The fourth-order valence-electron chi connectivity index (χ4n) is 2.38. The van der Waals surface area contributed by atoms with Crippen LogP contribution in [0.3, 0.4) is 0 Å². The molecule has 1 amide bonds. The van der Waals surface area contributed by atoms with Gasteiger partial charge in [0.15, 0.2) is 0 Å². The van der Waals surface area contributed by atoms with Crippen molar-refractivity contribution in [1.29, 1.82) is 0 Å². The van der Waals surface area contributed by atoms with Crippen molar-refractivity contribution in [2.75, 3.05) is 14.2 Å². The number of hydrogen-bond donors (Lipinski definition) is 2. The number of ether oxygens (including phenoxy) is 2. The van der Waals surface area contributed by atoms with Crippen molar-refractivity contribution in [2.45, 2.75) is 19.4 Å². The van der Waals surface area contributed by atoms with Crippen LogP contribution in [0.15, 0.2) is 42.5 Å². The molecule has 0 heterocycles. The van der Waals surface area contributed by atoms with Gasteiger partial charge in [0.25, 0.3) is 0 Å². The lowest BCUT2D eigenvalue weighted by Gasteiger charge is -2.11. The molecule has 0 saturated carbocycles. The van der Waals surface area contributed by atoms with Crippen LogP contribution in [-0.2, 0) is 17.8 Å². The van der Waals surface area contributed by atoms with Gasteiger partial charge in [-0.05, 0) is 47.9 Å². The minimum absolute atomic E-state index is 0.0906. The van der Waals surface area contributed by atoms with Crippen molar-refractivity contribution in [1.82, 2.24) is 5.32 Å². The standard InChI is InChI=1S/C19H21NO5/c1-24-16-8-9-17(25-2)15(11-16)7-10-18(21)20-12-13-3-5-14(6-4-13)19(22)23/h3-6,8-9,11H,7,10,12H2,1-2H3,(H,20,21)(H,22,23). The van der Waals surface area contributed by atoms with E-state index >= 15 is 0 Å². The average molecular weight is 343 g/mol. The largest absolute Gasteiger partial charge is 0.497 e. The van der Waals surface area contributed by atoms with Gasteiger partial charge in [-0.3, -0.25) is 4.79 Å². The molecule has 0 aliphatic rings. The van der Waals surface area contributed by atoms with Crippen LogP contribution in [0, 0.1) is 0 Å². The lowest BCUT2D eigenvalue weighted by molar-refractivity contribution is -0.121. The second-order valence-corrected chi connectivity index (χ2v) is 5.46. The van der Waals surface area contributed by atoms with Crippen molar-refractivity contribution in [3.63, 3.8) is 0 Å². The number of carbonyl (C=O) groups is 2. The van der Waals surface area contributed by atoms with Gasteiger partial charge in [0, 0.05) is 13.0 Å². The number of benzene rings is 2. The molecule has 0 atom stereocenters. The average Bonchev–Trinajstić information content (AvgIpc) is 2.64. The van der Waals surface area contributed by atoms with Crippen molar-refractivity contribution >= 4 is 11.9 Å². The summed E-state index contributed by atoms with van der Waals surface area (Å²) in [7, 11) is 3.18. The Hall–Kier alpha value is -3.02. The maximum atomic E-state index is 12.0. The molecule has 0 unspecified atom stereocenters. The first-order chi connectivity index (χ1) is 12.0. The monoisotopic (exact) mass is 343 g/mol. The van der Waals surface area contributed by atoms with Gasteiger partial charge in [0.05, 0.1) is 19.8 Å². The van der Waals surface area contributed by atoms with Gasteiger partial charge >= 0.3 is 5.97 Å². The summed E-state index contributed by atoms with van der Waals surface area (Å²) >= 11 is 0. The van der Waals surface area contributed by atoms with Gasteiger partial charge in [-0.25, -0.2) is 4.79 Å². The predicted molar refractivity (Wildman–Crippen MR) is 93.1 cm³/mol. The number of hydrogen-bond acceptors (Lipinski definition) is 4. The first-order valence-corrected chi connectivity index (χ1v) is 7.83. The summed E-state index contributed by atoms with van der Waals surface area (Å²) < 4.78 is 10.5. The summed E-state index contributed by atoms with van der Waals surface area (Å²) in [5.41, 5.74) is 1.97. The van der Waals surface area contributed by atoms with Gasteiger partial charge < -0.3 is 19.9 Å². The number of aromatic carboxylic acids is 1. The molecule has 0 aliphatic heterocycles. The number of rotatable bonds is 8. The third-order valence-corrected chi connectivity index (χ3v) is 3.80. The Kier molecular flexibility index (Phi) is 6.39. The molecule has 0 bridgehead atoms. The predicted octanol–water partition coefficient (Wildman–Crippen LogP) is 2.65. The molecule has 25 heavy (non-hydrogen) atoms. The van der Waals surface area contributed by atoms with E-state index in [4.69, 9.17) is 14.6 Å². The smallest absolute Gasteiger partial charge is 0.335 e. The summed E-state index contributed by atoms with van der Waals surface area (Å²) in [6.45, 7) is 0.355. The summed E-state index contributed by atoms with van der Waals surface area (Å²) in [6, 6.07) is 11.9. The molecule has 0 aliphatic carbocycles. The van der Waals surface area contributed by atoms with Gasteiger partial charge in [-0.2, -0.15) is 0 Å². The van der Waals surface area contributed by atoms with Crippen LogP contribution in [0.2, 0.25) is 0 Å². The van der Waals surface area contributed by atoms with Crippen molar-refractivity contribution in [3.8, 4) is 11.5 Å². The normalized spacial score (nSPS) is 10.2. The van der Waals surface area contributed by atoms with Gasteiger partial charge in [0.1, 0.15) is 11.5 Å². The topological polar surface area (TPSA) is 84.9 Å². The molecule has 0 spiro atoms. The van der Waals surface area contributed by atoms with Gasteiger partial charge in [-0.1, -0.05) is 12.1 Å². The molecular formula is C19H21NO5. The van der Waals surface area contributed by atoms with E-state index in [0.717, 1.165) is 22.6 Å². The Balaban J connectivity index is 1.87. The molecule has 6 heteroatoms. The highest BCUT2D eigenvalue weighted by Crippen LogP contribution is 2.25. The molecule has 2 aromatic rings. The quantitative estimate of drug-likeness (QED) is 0.770. The second kappa shape index (κ2) is 8.73. The molecule has 2 aromatic carbocycles. The molecule has 0 fully saturated rings. The highest BCUT2D eigenvalue weighted by atomic mass is 16.5. The maximum absolute atomic E-state index is 12.0. The van der Waals surface area contributed by atoms with Crippen molar-refractivity contribution < 1.29 is 24.2 Å². The maximum Gasteiger partial charge on any atom is 0.335 e. The zero-order chi connectivity index (χ0) is 18.2. The van der Waals surface area contributed by atoms with E-state index in [2.05, 4.69) is 5.32 Å². The van der Waals surface area contributed by atoms with Gasteiger partial charge in [-0.15, -0.1) is 0 Å². The zero-order valence-electron chi connectivity index (χ0n) is 14.2. The van der Waals surface area contributed by atoms with Crippen LogP contribution in [0.4, 0.5) is 0 Å². The number of carbonyl (C=O) groups excluding carboxylic acids is 1. The molecule has 0 radical (unpaired) electrons. The van der Waals surface area contributed by atoms with Crippen LogP contribution in [0.5, 0.6) is 11.5 Å². The Morgan fingerprint density at radius 1 is 1.04 bits per heavy atom. The van der Waals surface area contributed by atoms with Crippen LogP contribution in [0.25, 0.3) is 0 Å². The lowest BCUT2D eigenvalue weighted by atomic mass is 10.1. The fraction of sp³-hybridized carbons (Fsp3) is 0.263.